The Kier molecular flexibility index (Phi) is 4.15. The van der Waals surface area contributed by atoms with Gasteiger partial charge >= 0.3 is 6.18 Å². The fourth-order valence-electron chi connectivity index (χ4n) is 1.28. The molecule has 3 nitrogen and oxygen atoms in total. The van der Waals surface area contributed by atoms with Crippen LogP contribution < -0.4 is 5.56 Å². The Labute approximate surface area is 97.6 Å². The highest BCUT2D eigenvalue weighted by Gasteiger charge is 2.32. The van der Waals surface area contributed by atoms with Crippen molar-refractivity contribution in [3.8, 4) is 0 Å². The first-order chi connectivity index (χ1) is 7.33. The minimum Gasteiger partial charge on any atom is -0.394 e. The third kappa shape index (κ3) is 3.64. The molecule has 0 amide bonds. The summed E-state index contributed by atoms with van der Waals surface area (Å²) < 4.78 is 37.9. The Hall–Kier alpha value is -0.820. The van der Waals surface area contributed by atoms with E-state index in [0.29, 0.717) is 4.47 Å². The highest BCUT2D eigenvalue weighted by Crippen LogP contribution is 2.27. The molecule has 1 aromatic heterocycles. The smallest absolute Gasteiger partial charge is 0.391 e. The van der Waals surface area contributed by atoms with E-state index < -0.39 is 30.8 Å². The van der Waals surface area contributed by atoms with Gasteiger partial charge in [0.15, 0.2) is 0 Å². The lowest BCUT2D eigenvalue weighted by Crippen LogP contribution is -2.29. The van der Waals surface area contributed by atoms with Gasteiger partial charge in [0.05, 0.1) is 19.1 Å². The molecule has 1 rings (SSSR count). The summed E-state index contributed by atoms with van der Waals surface area (Å²) in [6.45, 7) is -0.740. The predicted molar refractivity (Wildman–Crippen MR) is 55.2 cm³/mol. The number of aliphatic hydroxyl groups excluding tert-OH is 1. The van der Waals surface area contributed by atoms with Crippen LogP contribution >= 0.6 is 15.9 Å². The summed E-state index contributed by atoms with van der Waals surface area (Å²) in [7, 11) is 0. The zero-order valence-electron chi connectivity index (χ0n) is 8.04. The van der Waals surface area contributed by atoms with Crippen LogP contribution in [-0.4, -0.2) is 22.5 Å². The van der Waals surface area contributed by atoms with Gasteiger partial charge in [-0.25, -0.2) is 0 Å². The summed E-state index contributed by atoms with van der Waals surface area (Å²) in [5.41, 5.74) is -0.577. The Morgan fingerprint density at radius 3 is 2.56 bits per heavy atom. The molecule has 0 saturated heterocycles. The Balaban J connectivity index is 3.04. The number of aliphatic hydroxyl groups is 1. The number of nitrogens with zero attached hydrogens (tertiary/aromatic N) is 1. The number of halogens is 4. The second-order valence-corrected chi connectivity index (χ2v) is 4.16. The molecule has 0 aliphatic carbocycles. The monoisotopic (exact) mass is 299 g/mol. The topological polar surface area (TPSA) is 42.2 Å². The minimum absolute atomic E-state index is 0.479. The summed E-state index contributed by atoms with van der Waals surface area (Å²) >= 11 is 3.05. The molecule has 0 aliphatic heterocycles. The summed E-state index contributed by atoms with van der Waals surface area (Å²) in [5, 5.41) is 8.88. The molecule has 0 aromatic carbocycles. The van der Waals surface area contributed by atoms with Crippen molar-refractivity contribution >= 4 is 15.9 Å². The van der Waals surface area contributed by atoms with Crippen molar-refractivity contribution in [1.29, 1.82) is 0 Å². The molecule has 90 valence electrons. The van der Waals surface area contributed by atoms with Crippen molar-refractivity contribution in [3.63, 3.8) is 0 Å². The summed E-state index contributed by atoms with van der Waals surface area (Å²) in [5.74, 6) is 0. The lowest BCUT2D eigenvalue weighted by Gasteiger charge is -2.19. The van der Waals surface area contributed by atoms with E-state index in [-0.39, 0.29) is 0 Å². The average molecular weight is 300 g/mol. The van der Waals surface area contributed by atoms with E-state index in [2.05, 4.69) is 15.9 Å². The quantitative estimate of drug-likeness (QED) is 0.929. The minimum atomic E-state index is -4.42. The molecule has 1 N–H and O–H groups in total. The first-order valence-corrected chi connectivity index (χ1v) is 5.18. The molecule has 0 radical (unpaired) electrons. The van der Waals surface area contributed by atoms with Crippen LogP contribution in [-0.2, 0) is 0 Å². The summed E-state index contributed by atoms with van der Waals surface area (Å²) in [6, 6.07) is 1.29. The van der Waals surface area contributed by atoms with Crippen LogP contribution in [0.25, 0.3) is 0 Å². The number of pyridine rings is 1. The van der Waals surface area contributed by atoms with Crippen molar-refractivity contribution in [2.24, 2.45) is 0 Å². The fourth-order valence-corrected chi connectivity index (χ4v) is 1.63. The molecule has 1 heterocycles. The van der Waals surface area contributed by atoms with Crippen LogP contribution in [0.2, 0.25) is 0 Å². The third-order valence-corrected chi connectivity index (χ3v) is 2.44. The molecule has 0 bridgehead atoms. The second kappa shape index (κ2) is 5.01. The normalized spacial score (nSPS) is 13.8. The number of hydrogen-bond acceptors (Lipinski definition) is 2. The highest BCUT2D eigenvalue weighted by atomic mass is 79.9. The van der Waals surface area contributed by atoms with Gasteiger partial charge in [-0.05, 0) is 22.0 Å². The van der Waals surface area contributed by atoms with Crippen molar-refractivity contribution in [3.05, 3.63) is 33.2 Å². The van der Waals surface area contributed by atoms with Gasteiger partial charge < -0.3 is 9.67 Å². The second-order valence-electron chi connectivity index (χ2n) is 3.25. The molecule has 0 aliphatic rings. The van der Waals surface area contributed by atoms with Crippen molar-refractivity contribution in [1.82, 2.24) is 4.57 Å². The van der Waals surface area contributed by atoms with Crippen LogP contribution in [0, 0.1) is 0 Å². The van der Waals surface area contributed by atoms with Crippen LogP contribution in [0.15, 0.2) is 27.6 Å². The van der Waals surface area contributed by atoms with E-state index in [4.69, 9.17) is 5.11 Å². The molecule has 1 atom stereocenters. The molecular formula is C9H9BrF3NO2. The van der Waals surface area contributed by atoms with Gasteiger partial charge in [-0.3, -0.25) is 4.79 Å². The van der Waals surface area contributed by atoms with E-state index in [0.717, 1.165) is 10.6 Å². The van der Waals surface area contributed by atoms with Crippen LogP contribution in [0.3, 0.4) is 0 Å². The molecule has 1 aromatic rings. The number of rotatable bonds is 3. The van der Waals surface area contributed by atoms with Gasteiger partial charge in [-0.15, -0.1) is 0 Å². The van der Waals surface area contributed by atoms with Crippen LogP contribution in [0.5, 0.6) is 0 Å². The summed E-state index contributed by atoms with van der Waals surface area (Å²) in [6.07, 6.45) is -4.43. The molecular weight excluding hydrogens is 291 g/mol. The van der Waals surface area contributed by atoms with E-state index in [1.54, 1.807) is 0 Å². The first-order valence-electron chi connectivity index (χ1n) is 4.39. The Bertz CT molecular complexity index is 416. The van der Waals surface area contributed by atoms with Gasteiger partial charge in [0.25, 0.3) is 5.56 Å². The SMILES string of the molecule is O=c1ccc(Br)cn1C(CO)CC(F)(F)F. The molecule has 0 spiro atoms. The maximum atomic E-state index is 12.2. The summed E-state index contributed by atoms with van der Waals surface area (Å²) in [4.78, 5) is 11.3. The Morgan fingerprint density at radius 2 is 2.06 bits per heavy atom. The van der Waals surface area contributed by atoms with E-state index in [1.807, 2.05) is 0 Å². The van der Waals surface area contributed by atoms with E-state index in [9.17, 15) is 18.0 Å². The van der Waals surface area contributed by atoms with Crippen molar-refractivity contribution in [2.75, 3.05) is 6.61 Å². The first kappa shape index (κ1) is 13.2. The van der Waals surface area contributed by atoms with Crippen LogP contribution in [0.1, 0.15) is 12.5 Å². The maximum Gasteiger partial charge on any atom is 0.391 e. The number of aromatic nitrogens is 1. The lowest BCUT2D eigenvalue weighted by molar-refractivity contribution is -0.145. The van der Waals surface area contributed by atoms with Crippen molar-refractivity contribution < 1.29 is 18.3 Å². The molecule has 16 heavy (non-hydrogen) atoms. The zero-order chi connectivity index (χ0) is 12.3. The van der Waals surface area contributed by atoms with E-state index in [1.165, 1.54) is 12.3 Å². The maximum absolute atomic E-state index is 12.2. The lowest BCUT2D eigenvalue weighted by atomic mass is 10.2. The molecule has 1 unspecified atom stereocenters. The van der Waals surface area contributed by atoms with Gasteiger partial charge in [0.2, 0.25) is 0 Å². The van der Waals surface area contributed by atoms with Gasteiger partial charge in [0.1, 0.15) is 0 Å². The van der Waals surface area contributed by atoms with Crippen LogP contribution in [0.4, 0.5) is 13.2 Å². The highest BCUT2D eigenvalue weighted by molar-refractivity contribution is 9.10. The molecule has 0 saturated carbocycles. The third-order valence-electron chi connectivity index (χ3n) is 1.97. The van der Waals surface area contributed by atoms with Gasteiger partial charge in [-0.1, -0.05) is 0 Å². The number of hydrogen-bond donors (Lipinski definition) is 1. The predicted octanol–water partition coefficient (Wildman–Crippen LogP) is 2.10. The number of alkyl halides is 3. The van der Waals surface area contributed by atoms with E-state index >= 15 is 0 Å². The zero-order valence-corrected chi connectivity index (χ0v) is 9.62. The largest absolute Gasteiger partial charge is 0.394 e. The molecule has 7 heteroatoms. The Morgan fingerprint density at radius 1 is 1.44 bits per heavy atom. The van der Waals surface area contributed by atoms with Gasteiger partial charge in [-0.2, -0.15) is 13.2 Å². The molecule has 0 fully saturated rings. The van der Waals surface area contributed by atoms with Gasteiger partial charge in [0, 0.05) is 16.7 Å². The standard InChI is InChI=1S/C9H9BrF3NO2/c10-6-1-2-8(16)14(4-6)7(5-15)3-9(11,12)13/h1-2,4,7,15H,3,5H2. The average Bonchev–Trinajstić information content (AvgIpc) is 2.17. The fraction of sp³-hybridized carbons (Fsp3) is 0.444. The van der Waals surface area contributed by atoms with Crippen molar-refractivity contribution in [2.45, 2.75) is 18.6 Å².